The van der Waals surface area contributed by atoms with E-state index in [1.54, 1.807) is 0 Å². The van der Waals surface area contributed by atoms with Gasteiger partial charge in [0, 0.05) is 23.9 Å². The molecule has 3 nitrogen and oxygen atoms in total. The Hall–Kier alpha value is -1.61. The lowest BCUT2D eigenvalue weighted by Crippen LogP contribution is -2.18. The van der Waals surface area contributed by atoms with Crippen LogP contribution in [0.1, 0.15) is 38.3 Å². The molecule has 2 aromatic rings. The Morgan fingerprint density at radius 1 is 1.19 bits per heavy atom. The minimum atomic E-state index is 0.694. The number of aromatic nitrogens is 2. The van der Waals surface area contributed by atoms with E-state index in [-0.39, 0.29) is 0 Å². The number of H-pyrrole nitrogens is 1. The summed E-state index contributed by atoms with van der Waals surface area (Å²) < 4.78 is 0. The van der Waals surface area contributed by atoms with Crippen molar-refractivity contribution in [3.05, 3.63) is 41.6 Å². The van der Waals surface area contributed by atoms with Gasteiger partial charge in [-0.25, -0.2) is 0 Å². The zero-order chi connectivity index (χ0) is 15.2. The van der Waals surface area contributed by atoms with Crippen molar-refractivity contribution in [2.24, 2.45) is 5.92 Å². The number of hydrogen-bond donors (Lipinski definition) is 1. The fourth-order valence-corrected chi connectivity index (χ4v) is 2.71. The molecule has 1 aromatic carbocycles. The number of nitrogens with one attached hydrogen (secondary N) is 1. The Bertz CT molecular complexity index is 540. The van der Waals surface area contributed by atoms with Gasteiger partial charge in [0.2, 0.25) is 0 Å². The van der Waals surface area contributed by atoms with E-state index in [9.17, 15) is 0 Å². The summed E-state index contributed by atoms with van der Waals surface area (Å²) in [7, 11) is 2.16. The maximum Gasteiger partial charge on any atom is 0.0965 e. The van der Waals surface area contributed by atoms with Crippen LogP contribution in [0.15, 0.2) is 30.5 Å². The Balaban J connectivity index is 2.13. The highest BCUT2D eigenvalue weighted by Gasteiger charge is 2.10. The summed E-state index contributed by atoms with van der Waals surface area (Å²) in [6.07, 6.45) is 4.32. The van der Waals surface area contributed by atoms with Crippen molar-refractivity contribution < 1.29 is 0 Å². The average Bonchev–Trinajstić information content (AvgIpc) is 2.87. The molecule has 0 saturated carbocycles. The monoisotopic (exact) mass is 285 g/mol. The summed E-state index contributed by atoms with van der Waals surface area (Å²) in [5.74, 6) is 0.694. The molecular formula is C18H27N3. The lowest BCUT2D eigenvalue weighted by Gasteiger charge is -2.15. The van der Waals surface area contributed by atoms with Crippen LogP contribution >= 0.6 is 0 Å². The first kappa shape index (κ1) is 15.8. The van der Waals surface area contributed by atoms with Crippen molar-refractivity contribution in [2.45, 2.75) is 40.2 Å². The second-order valence-electron chi connectivity index (χ2n) is 6.29. The molecule has 1 aromatic heterocycles. The van der Waals surface area contributed by atoms with Crippen molar-refractivity contribution in [3.63, 3.8) is 0 Å². The van der Waals surface area contributed by atoms with Gasteiger partial charge in [-0.05, 0) is 37.9 Å². The van der Waals surface area contributed by atoms with Crippen molar-refractivity contribution in [1.29, 1.82) is 0 Å². The Labute approximate surface area is 128 Å². The van der Waals surface area contributed by atoms with Gasteiger partial charge in [-0.15, -0.1) is 0 Å². The van der Waals surface area contributed by atoms with E-state index < -0.39 is 0 Å². The molecule has 0 amide bonds. The fourth-order valence-electron chi connectivity index (χ4n) is 2.71. The lowest BCUT2D eigenvalue weighted by molar-refractivity contribution is 0.328. The third-order valence-electron chi connectivity index (χ3n) is 3.64. The highest BCUT2D eigenvalue weighted by atomic mass is 15.1. The highest BCUT2D eigenvalue weighted by Crippen LogP contribution is 2.23. The molecule has 0 atom stereocenters. The second kappa shape index (κ2) is 7.41. The van der Waals surface area contributed by atoms with E-state index >= 15 is 0 Å². The molecule has 0 fully saturated rings. The smallest absolute Gasteiger partial charge is 0.0965 e. The van der Waals surface area contributed by atoms with E-state index in [2.05, 4.69) is 67.2 Å². The van der Waals surface area contributed by atoms with E-state index in [4.69, 9.17) is 0 Å². The molecule has 0 saturated heterocycles. The van der Waals surface area contributed by atoms with Crippen molar-refractivity contribution >= 4 is 0 Å². The van der Waals surface area contributed by atoms with E-state index in [1.165, 1.54) is 23.1 Å². The quantitative estimate of drug-likeness (QED) is 0.830. The summed E-state index contributed by atoms with van der Waals surface area (Å²) >= 11 is 0. The van der Waals surface area contributed by atoms with Gasteiger partial charge in [-0.3, -0.25) is 5.10 Å². The van der Waals surface area contributed by atoms with Crippen LogP contribution in [0.5, 0.6) is 0 Å². The first-order valence-corrected chi connectivity index (χ1v) is 7.90. The molecule has 0 aliphatic rings. The molecule has 0 radical (unpaired) electrons. The molecule has 2 rings (SSSR count). The first-order valence-electron chi connectivity index (χ1n) is 7.90. The van der Waals surface area contributed by atoms with Crippen molar-refractivity contribution in [2.75, 3.05) is 13.6 Å². The third-order valence-corrected chi connectivity index (χ3v) is 3.64. The highest BCUT2D eigenvalue weighted by molar-refractivity contribution is 5.62. The number of aromatic amines is 1. The maximum absolute atomic E-state index is 4.44. The number of benzene rings is 1. The summed E-state index contributed by atoms with van der Waals surface area (Å²) in [6, 6.07) is 8.83. The zero-order valence-electron chi connectivity index (χ0n) is 13.7. The van der Waals surface area contributed by atoms with Gasteiger partial charge in [0.1, 0.15) is 0 Å². The van der Waals surface area contributed by atoms with Gasteiger partial charge in [0.15, 0.2) is 0 Å². The van der Waals surface area contributed by atoms with Crippen LogP contribution in [0, 0.1) is 5.92 Å². The maximum atomic E-state index is 4.44. The Morgan fingerprint density at radius 2 is 1.90 bits per heavy atom. The molecule has 1 N–H and O–H groups in total. The van der Waals surface area contributed by atoms with Crippen LogP contribution in [0.4, 0.5) is 0 Å². The number of hydrogen-bond acceptors (Lipinski definition) is 2. The molecule has 0 unspecified atom stereocenters. The van der Waals surface area contributed by atoms with Gasteiger partial charge >= 0.3 is 0 Å². The molecule has 0 spiro atoms. The molecule has 0 aliphatic carbocycles. The van der Waals surface area contributed by atoms with Crippen LogP contribution in [0.25, 0.3) is 11.3 Å². The summed E-state index contributed by atoms with van der Waals surface area (Å²) in [6.45, 7) is 8.76. The second-order valence-corrected chi connectivity index (χ2v) is 6.29. The topological polar surface area (TPSA) is 31.9 Å². The zero-order valence-corrected chi connectivity index (χ0v) is 13.7. The molecule has 114 valence electrons. The van der Waals surface area contributed by atoms with Gasteiger partial charge in [-0.2, -0.15) is 5.10 Å². The van der Waals surface area contributed by atoms with Crippen LogP contribution in [0.2, 0.25) is 0 Å². The minimum Gasteiger partial charge on any atom is -0.302 e. The molecular weight excluding hydrogens is 258 g/mol. The van der Waals surface area contributed by atoms with Gasteiger partial charge in [-0.1, -0.05) is 45.0 Å². The van der Waals surface area contributed by atoms with E-state index in [1.807, 2.05) is 6.20 Å². The summed E-state index contributed by atoms with van der Waals surface area (Å²) in [4.78, 5) is 2.33. The molecule has 3 heteroatoms. The summed E-state index contributed by atoms with van der Waals surface area (Å²) in [5.41, 5.74) is 4.94. The predicted octanol–water partition coefficient (Wildman–Crippen LogP) is 4.12. The minimum absolute atomic E-state index is 0.694. The molecule has 21 heavy (non-hydrogen) atoms. The van der Waals surface area contributed by atoms with Crippen LogP contribution < -0.4 is 0 Å². The first-order chi connectivity index (χ1) is 10.1. The van der Waals surface area contributed by atoms with Crippen LogP contribution in [0.3, 0.4) is 0 Å². The van der Waals surface area contributed by atoms with Gasteiger partial charge < -0.3 is 4.90 Å². The summed E-state index contributed by atoms with van der Waals surface area (Å²) in [5, 5.41) is 7.45. The fraction of sp³-hybridized carbons (Fsp3) is 0.500. The van der Waals surface area contributed by atoms with Crippen molar-refractivity contribution in [1.82, 2.24) is 15.1 Å². The standard InChI is InChI=1S/C18H27N3/c1-5-10-21(4)13-17-12-19-20-18(17)16-8-6-15(7-9-16)11-14(2)3/h6-9,12,14H,5,10-11,13H2,1-4H3,(H,19,20). The average molecular weight is 285 g/mol. The van der Waals surface area contributed by atoms with Crippen molar-refractivity contribution in [3.8, 4) is 11.3 Å². The van der Waals surface area contributed by atoms with Gasteiger partial charge in [0.05, 0.1) is 5.69 Å². The van der Waals surface area contributed by atoms with E-state index in [0.29, 0.717) is 5.92 Å². The van der Waals surface area contributed by atoms with E-state index in [0.717, 1.165) is 25.2 Å². The Kier molecular flexibility index (Phi) is 5.57. The van der Waals surface area contributed by atoms with Crippen LogP contribution in [-0.4, -0.2) is 28.7 Å². The predicted molar refractivity (Wildman–Crippen MR) is 89.2 cm³/mol. The van der Waals surface area contributed by atoms with Crippen LogP contribution in [-0.2, 0) is 13.0 Å². The molecule has 1 heterocycles. The lowest BCUT2D eigenvalue weighted by atomic mass is 10.00. The molecule has 0 aliphatic heterocycles. The largest absolute Gasteiger partial charge is 0.302 e. The third kappa shape index (κ3) is 4.43. The molecule has 0 bridgehead atoms. The Morgan fingerprint density at radius 3 is 2.52 bits per heavy atom. The number of rotatable bonds is 7. The SMILES string of the molecule is CCCN(C)Cc1c[nH]nc1-c1ccc(CC(C)C)cc1. The number of nitrogens with zero attached hydrogens (tertiary/aromatic N) is 2. The van der Waals surface area contributed by atoms with Gasteiger partial charge in [0.25, 0.3) is 0 Å². The normalized spacial score (nSPS) is 11.5.